The highest BCUT2D eigenvalue weighted by molar-refractivity contribution is 7.89. The van der Waals surface area contributed by atoms with E-state index in [9.17, 15) is 18.0 Å². The van der Waals surface area contributed by atoms with Crippen LogP contribution in [0.3, 0.4) is 0 Å². The second kappa shape index (κ2) is 9.47. The Morgan fingerprint density at radius 1 is 1.16 bits per heavy atom. The van der Waals surface area contributed by atoms with E-state index in [0.717, 1.165) is 10.6 Å². The van der Waals surface area contributed by atoms with Crippen molar-refractivity contribution in [2.24, 2.45) is 5.10 Å². The van der Waals surface area contributed by atoms with E-state index in [0.29, 0.717) is 12.2 Å². The van der Waals surface area contributed by atoms with Gasteiger partial charge < -0.3 is 9.15 Å². The Kier molecular flexibility index (Phi) is 6.49. The number of hydrogen-bond acceptors (Lipinski definition) is 8. The molecule has 1 aromatic carbocycles. The van der Waals surface area contributed by atoms with Crippen molar-refractivity contribution in [2.75, 3.05) is 13.2 Å². The highest BCUT2D eigenvalue weighted by Gasteiger charge is 2.35. The van der Waals surface area contributed by atoms with Crippen LogP contribution in [-0.4, -0.2) is 44.2 Å². The quantitative estimate of drug-likeness (QED) is 0.502. The lowest BCUT2D eigenvalue weighted by molar-refractivity contribution is -0.152. The standard InChI is InChI=1S/C21H19N3O6S2/c25-20(14-30-21(26)13-22-32(27,28)15-6-2-1-3-7-15)24-17(18-8-4-10-29-18)12-16(23-24)19-9-5-11-31-19/h1-11,17,22H,12-14H2. The smallest absolute Gasteiger partial charge is 0.321 e. The van der Waals surface area contributed by atoms with Gasteiger partial charge in [0, 0.05) is 6.42 Å². The monoisotopic (exact) mass is 473 g/mol. The van der Waals surface area contributed by atoms with E-state index in [-0.39, 0.29) is 4.90 Å². The number of furan rings is 1. The molecule has 0 saturated carbocycles. The fourth-order valence-electron chi connectivity index (χ4n) is 3.13. The first kappa shape index (κ1) is 21.9. The van der Waals surface area contributed by atoms with Crippen molar-refractivity contribution in [2.45, 2.75) is 17.4 Å². The number of carbonyl (C=O) groups excluding carboxylic acids is 2. The minimum absolute atomic E-state index is 0.0256. The molecule has 4 rings (SSSR count). The molecular weight excluding hydrogens is 454 g/mol. The molecule has 1 aliphatic heterocycles. The Morgan fingerprint density at radius 2 is 1.97 bits per heavy atom. The van der Waals surface area contributed by atoms with Gasteiger partial charge in [0.1, 0.15) is 18.3 Å². The Hall–Kier alpha value is -3.28. The second-order valence-electron chi connectivity index (χ2n) is 6.80. The average molecular weight is 474 g/mol. The second-order valence-corrected chi connectivity index (χ2v) is 9.51. The lowest BCUT2D eigenvalue weighted by atomic mass is 10.1. The average Bonchev–Trinajstić information content (AvgIpc) is 3.57. The zero-order valence-corrected chi connectivity index (χ0v) is 18.3. The van der Waals surface area contributed by atoms with Gasteiger partial charge in [-0.05, 0) is 35.7 Å². The van der Waals surface area contributed by atoms with Crippen LogP contribution < -0.4 is 4.72 Å². The molecule has 11 heteroatoms. The van der Waals surface area contributed by atoms with Gasteiger partial charge in [0.05, 0.1) is 21.7 Å². The lowest BCUT2D eigenvalue weighted by Gasteiger charge is -2.19. The Morgan fingerprint density at radius 3 is 2.66 bits per heavy atom. The molecule has 9 nitrogen and oxygen atoms in total. The maximum atomic E-state index is 12.8. The third-order valence-corrected chi connectivity index (χ3v) is 7.00. The maximum absolute atomic E-state index is 12.8. The molecule has 1 atom stereocenters. The van der Waals surface area contributed by atoms with Crippen LogP contribution in [0.5, 0.6) is 0 Å². The van der Waals surface area contributed by atoms with Crippen LogP contribution >= 0.6 is 11.3 Å². The number of nitrogens with zero attached hydrogens (tertiary/aromatic N) is 2. The number of benzene rings is 1. The molecule has 3 aromatic rings. The number of carbonyl (C=O) groups is 2. The van der Waals surface area contributed by atoms with Crippen LogP contribution in [0.1, 0.15) is 23.1 Å². The van der Waals surface area contributed by atoms with Gasteiger partial charge in [-0.2, -0.15) is 9.82 Å². The van der Waals surface area contributed by atoms with Crippen LogP contribution in [0.25, 0.3) is 0 Å². The Bertz CT molecular complexity index is 1210. The fourth-order valence-corrected chi connectivity index (χ4v) is 4.84. The van der Waals surface area contributed by atoms with Crippen molar-refractivity contribution < 1.29 is 27.2 Å². The zero-order valence-electron chi connectivity index (χ0n) is 16.7. The van der Waals surface area contributed by atoms with E-state index in [4.69, 9.17) is 9.15 Å². The summed E-state index contributed by atoms with van der Waals surface area (Å²) in [6.45, 7) is -1.18. The molecule has 1 aliphatic rings. The number of hydrazone groups is 1. The molecule has 32 heavy (non-hydrogen) atoms. The number of ether oxygens (including phenoxy) is 1. The van der Waals surface area contributed by atoms with Crippen LogP contribution in [0, 0.1) is 0 Å². The van der Waals surface area contributed by atoms with Gasteiger partial charge in [0.2, 0.25) is 10.0 Å². The van der Waals surface area contributed by atoms with Gasteiger partial charge in [-0.1, -0.05) is 24.3 Å². The molecule has 0 saturated heterocycles. The predicted molar refractivity (Wildman–Crippen MR) is 116 cm³/mol. The van der Waals surface area contributed by atoms with Gasteiger partial charge >= 0.3 is 5.97 Å². The molecule has 0 bridgehead atoms. The molecule has 0 aliphatic carbocycles. The van der Waals surface area contributed by atoms with E-state index in [1.165, 1.54) is 34.7 Å². The Labute approximate surface area is 188 Å². The van der Waals surface area contributed by atoms with Crippen LogP contribution in [-0.2, 0) is 24.3 Å². The molecular formula is C21H19N3O6S2. The summed E-state index contributed by atoms with van der Waals surface area (Å²) in [5.41, 5.74) is 0.733. The first-order valence-corrected chi connectivity index (χ1v) is 12.0. The molecule has 1 amide bonds. The summed E-state index contributed by atoms with van der Waals surface area (Å²) in [5, 5.41) is 7.58. The van der Waals surface area contributed by atoms with Gasteiger partial charge in [-0.25, -0.2) is 13.4 Å². The van der Waals surface area contributed by atoms with Crippen molar-refractivity contribution in [3.63, 3.8) is 0 Å². The van der Waals surface area contributed by atoms with Crippen LogP contribution in [0.15, 0.2) is 80.7 Å². The lowest BCUT2D eigenvalue weighted by Crippen LogP contribution is -2.34. The minimum atomic E-state index is -3.86. The molecule has 1 N–H and O–H groups in total. The van der Waals surface area contributed by atoms with E-state index < -0.39 is 41.1 Å². The van der Waals surface area contributed by atoms with E-state index >= 15 is 0 Å². The van der Waals surface area contributed by atoms with E-state index in [1.807, 2.05) is 17.5 Å². The molecule has 0 spiro atoms. The van der Waals surface area contributed by atoms with Gasteiger partial charge in [0.15, 0.2) is 6.61 Å². The number of thiophene rings is 1. The Balaban J connectivity index is 1.37. The molecule has 2 aromatic heterocycles. The summed E-state index contributed by atoms with van der Waals surface area (Å²) < 4.78 is 37.0. The van der Waals surface area contributed by atoms with Crippen molar-refractivity contribution in [1.29, 1.82) is 0 Å². The summed E-state index contributed by atoms with van der Waals surface area (Å²) in [4.78, 5) is 25.7. The molecule has 1 unspecified atom stereocenters. The minimum Gasteiger partial charge on any atom is -0.467 e. The van der Waals surface area contributed by atoms with Crippen molar-refractivity contribution >= 4 is 38.9 Å². The molecule has 166 valence electrons. The predicted octanol–water partition coefficient (Wildman–Crippen LogP) is 2.54. The van der Waals surface area contributed by atoms with Crippen LogP contribution in [0.2, 0.25) is 0 Å². The normalized spacial score (nSPS) is 16.1. The number of amides is 1. The number of rotatable bonds is 8. The summed E-state index contributed by atoms with van der Waals surface area (Å²) in [7, 11) is -3.86. The van der Waals surface area contributed by atoms with E-state index in [2.05, 4.69) is 9.82 Å². The van der Waals surface area contributed by atoms with Crippen molar-refractivity contribution in [3.05, 3.63) is 76.9 Å². The summed E-state index contributed by atoms with van der Waals surface area (Å²) in [6, 6.07) is 14.5. The van der Waals surface area contributed by atoms with Crippen molar-refractivity contribution in [3.8, 4) is 0 Å². The van der Waals surface area contributed by atoms with Gasteiger partial charge in [0.25, 0.3) is 5.91 Å². The highest BCUT2D eigenvalue weighted by atomic mass is 32.2. The molecule has 0 fully saturated rings. The number of nitrogens with one attached hydrogen (secondary N) is 1. The highest BCUT2D eigenvalue weighted by Crippen LogP contribution is 2.34. The largest absolute Gasteiger partial charge is 0.467 e. The zero-order chi connectivity index (χ0) is 22.6. The third-order valence-electron chi connectivity index (χ3n) is 4.66. The van der Waals surface area contributed by atoms with E-state index in [1.54, 1.807) is 30.3 Å². The molecule has 0 radical (unpaired) electrons. The fraction of sp³-hybridized carbons (Fsp3) is 0.190. The van der Waals surface area contributed by atoms with Crippen molar-refractivity contribution in [1.82, 2.24) is 9.73 Å². The number of sulfonamides is 1. The van der Waals surface area contributed by atoms with Gasteiger partial charge in [-0.15, -0.1) is 11.3 Å². The SMILES string of the molecule is O=C(CNS(=O)(=O)c1ccccc1)OCC(=O)N1N=C(c2cccs2)CC1c1ccco1. The maximum Gasteiger partial charge on any atom is 0.321 e. The molecule has 3 heterocycles. The third kappa shape index (κ3) is 4.96. The summed E-state index contributed by atoms with van der Waals surface area (Å²) in [5.74, 6) is -0.859. The first-order valence-electron chi connectivity index (χ1n) is 9.61. The number of hydrogen-bond donors (Lipinski definition) is 1. The van der Waals surface area contributed by atoms with Gasteiger partial charge in [-0.3, -0.25) is 9.59 Å². The summed E-state index contributed by atoms with van der Waals surface area (Å²) >= 11 is 1.51. The van der Waals surface area contributed by atoms with Crippen LogP contribution in [0.4, 0.5) is 0 Å². The topological polar surface area (TPSA) is 118 Å². The first-order chi connectivity index (χ1) is 15.4. The summed E-state index contributed by atoms with van der Waals surface area (Å²) in [6.07, 6.45) is 1.98. The number of esters is 1.